The normalized spacial score (nSPS) is 10.5. The Bertz CT molecular complexity index is 522. The molecule has 17 heavy (non-hydrogen) atoms. The molecular weight excluding hydrogens is 244 g/mol. The van der Waals surface area contributed by atoms with Crippen molar-refractivity contribution < 1.29 is 14.1 Å². The lowest BCUT2D eigenvalue weighted by atomic mass is 10.5. The van der Waals surface area contributed by atoms with Crippen LogP contribution in [0.1, 0.15) is 22.6 Å². The minimum absolute atomic E-state index is 0.107. The van der Waals surface area contributed by atoms with Crippen molar-refractivity contribution in [3.05, 3.63) is 16.2 Å². The van der Waals surface area contributed by atoms with Crippen molar-refractivity contribution in [3.63, 3.8) is 0 Å². The van der Waals surface area contributed by atoms with E-state index in [0.717, 1.165) is 5.01 Å². The fraction of sp³-hybridized carbons (Fsp3) is 0.333. The maximum absolute atomic E-state index is 11.3. The van der Waals surface area contributed by atoms with Crippen molar-refractivity contribution in [2.24, 2.45) is 5.73 Å². The number of nitrogens with two attached hydrogens (primary N) is 1. The van der Waals surface area contributed by atoms with E-state index in [1.807, 2.05) is 0 Å². The molecule has 7 nitrogen and oxygen atoms in total. The van der Waals surface area contributed by atoms with Crippen LogP contribution in [0.3, 0.4) is 0 Å². The summed E-state index contributed by atoms with van der Waals surface area (Å²) in [6.07, 6.45) is 0. The second-order valence-corrected chi connectivity index (χ2v) is 3.92. The molecule has 0 aliphatic heterocycles. The summed E-state index contributed by atoms with van der Waals surface area (Å²) in [6, 6.07) is 0. The fourth-order valence-electron chi connectivity index (χ4n) is 1.11. The van der Waals surface area contributed by atoms with Gasteiger partial charge in [-0.3, -0.25) is 0 Å². The van der Waals surface area contributed by atoms with Crippen molar-refractivity contribution in [1.82, 2.24) is 15.1 Å². The molecule has 0 atom stereocenters. The van der Waals surface area contributed by atoms with Crippen molar-refractivity contribution >= 4 is 17.3 Å². The Balaban J connectivity index is 2.20. The van der Waals surface area contributed by atoms with Gasteiger partial charge < -0.3 is 15.0 Å². The smallest absolute Gasteiger partial charge is 0.379 e. The van der Waals surface area contributed by atoms with Crippen molar-refractivity contribution in [1.29, 1.82) is 0 Å². The highest BCUT2D eigenvalue weighted by molar-refractivity contribution is 7.09. The molecule has 0 radical (unpaired) electrons. The molecule has 0 aliphatic rings. The molecule has 2 rings (SSSR count). The van der Waals surface area contributed by atoms with E-state index < -0.39 is 5.97 Å². The van der Waals surface area contributed by atoms with E-state index >= 15 is 0 Å². The molecular formula is C9H10N4O3S. The van der Waals surface area contributed by atoms with Gasteiger partial charge in [-0.2, -0.15) is 4.98 Å². The SMILES string of the molecule is CCOC(=O)c1noc(-c2csc(CN)n2)n1. The number of hydrogen-bond acceptors (Lipinski definition) is 8. The molecule has 0 aliphatic carbocycles. The summed E-state index contributed by atoms with van der Waals surface area (Å²) < 4.78 is 9.66. The summed E-state index contributed by atoms with van der Waals surface area (Å²) in [7, 11) is 0. The molecule has 2 heterocycles. The van der Waals surface area contributed by atoms with E-state index in [2.05, 4.69) is 15.1 Å². The van der Waals surface area contributed by atoms with Crippen LogP contribution in [0.4, 0.5) is 0 Å². The summed E-state index contributed by atoms with van der Waals surface area (Å²) in [5.74, 6) is -0.537. The quantitative estimate of drug-likeness (QED) is 0.805. The number of hydrogen-bond donors (Lipinski definition) is 1. The third-order valence-corrected chi connectivity index (χ3v) is 2.70. The molecule has 0 amide bonds. The molecule has 8 heteroatoms. The van der Waals surface area contributed by atoms with Crippen LogP contribution in [0.25, 0.3) is 11.6 Å². The highest BCUT2D eigenvalue weighted by Crippen LogP contribution is 2.19. The van der Waals surface area contributed by atoms with Gasteiger partial charge in [0.15, 0.2) is 0 Å². The van der Waals surface area contributed by atoms with Gasteiger partial charge in [0.05, 0.1) is 6.61 Å². The predicted octanol–water partition coefficient (Wildman–Crippen LogP) is 0.829. The Morgan fingerprint density at radius 1 is 1.59 bits per heavy atom. The van der Waals surface area contributed by atoms with Gasteiger partial charge in [-0.1, -0.05) is 0 Å². The second kappa shape index (κ2) is 5.02. The van der Waals surface area contributed by atoms with Crippen LogP contribution in [-0.2, 0) is 11.3 Å². The first-order valence-electron chi connectivity index (χ1n) is 4.90. The minimum Gasteiger partial charge on any atom is -0.460 e. The minimum atomic E-state index is -0.614. The zero-order valence-electron chi connectivity index (χ0n) is 9.04. The molecule has 0 saturated heterocycles. The van der Waals surface area contributed by atoms with E-state index in [1.165, 1.54) is 11.3 Å². The largest absolute Gasteiger partial charge is 0.460 e. The zero-order valence-corrected chi connectivity index (χ0v) is 9.86. The monoisotopic (exact) mass is 254 g/mol. The number of aromatic nitrogens is 3. The highest BCUT2D eigenvalue weighted by Gasteiger charge is 2.18. The summed E-state index contributed by atoms with van der Waals surface area (Å²) in [6.45, 7) is 2.31. The first kappa shape index (κ1) is 11.7. The average molecular weight is 254 g/mol. The van der Waals surface area contributed by atoms with Crippen LogP contribution in [0.5, 0.6) is 0 Å². The third kappa shape index (κ3) is 2.48. The maximum Gasteiger partial charge on any atom is 0.379 e. The number of thiazole rings is 1. The lowest BCUT2D eigenvalue weighted by Gasteiger charge is -1.93. The van der Waals surface area contributed by atoms with E-state index in [1.54, 1.807) is 12.3 Å². The molecule has 90 valence electrons. The molecule has 0 spiro atoms. The van der Waals surface area contributed by atoms with Gasteiger partial charge in [0.25, 0.3) is 11.7 Å². The number of carbonyl (C=O) groups excluding carboxylic acids is 1. The van der Waals surface area contributed by atoms with Crippen LogP contribution in [0.15, 0.2) is 9.90 Å². The van der Waals surface area contributed by atoms with E-state index in [9.17, 15) is 4.79 Å². The Kier molecular flexibility index (Phi) is 3.45. The van der Waals surface area contributed by atoms with Gasteiger partial charge >= 0.3 is 5.97 Å². The number of esters is 1. The topological polar surface area (TPSA) is 104 Å². The van der Waals surface area contributed by atoms with E-state index in [0.29, 0.717) is 12.2 Å². The van der Waals surface area contributed by atoms with Crippen LogP contribution < -0.4 is 5.73 Å². The van der Waals surface area contributed by atoms with Gasteiger partial charge in [0, 0.05) is 11.9 Å². The number of nitrogens with zero attached hydrogens (tertiary/aromatic N) is 3. The fourth-order valence-corrected chi connectivity index (χ4v) is 1.76. The Hall–Kier alpha value is -1.80. The van der Waals surface area contributed by atoms with Crippen LogP contribution in [0, 0.1) is 0 Å². The molecule has 0 bridgehead atoms. The standard InChI is InChI=1S/C9H10N4O3S/c1-2-15-9(14)7-12-8(16-13-7)5-4-17-6(3-10)11-5/h4H,2-3,10H2,1H3. The van der Waals surface area contributed by atoms with Crippen LogP contribution in [-0.4, -0.2) is 27.7 Å². The molecule has 0 aromatic carbocycles. The van der Waals surface area contributed by atoms with Crippen molar-refractivity contribution in [2.75, 3.05) is 6.61 Å². The second-order valence-electron chi connectivity index (χ2n) is 2.97. The summed E-state index contributed by atoms with van der Waals surface area (Å²) in [5.41, 5.74) is 5.95. The Morgan fingerprint density at radius 2 is 2.41 bits per heavy atom. The summed E-state index contributed by atoms with van der Waals surface area (Å²) in [5, 5.41) is 6.02. The lowest BCUT2D eigenvalue weighted by Crippen LogP contribution is -2.06. The molecule has 0 saturated carbocycles. The number of rotatable bonds is 4. The van der Waals surface area contributed by atoms with E-state index in [4.69, 9.17) is 15.0 Å². The molecule has 0 fully saturated rings. The highest BCUT2D eigenvalue weighted by atomic mass is 32.1. The van der Waals surface area contributed by atoms with Crippen molar-refractivity contribution in [3.8, 4) is 11.6 Å². The summed E-state index contributed by atoms with van der Waals surface area (Å²) >= 11 is 1.39. The average Bonchev–Trinajstić information content (AvgIpc) is 2.98. The van der Waals surface area contributed by atoms with Gasteiger partial charge in [-0.05, 0) is 12.1 Å². The van der Waals surface area contributed by atoms with Gasteiger partial charge in [0.2, 0.25) is 0 Å². The molecule has 2 N–H and O–H groups in total. The van der Waals surface area contributed by atoms with Crippen molar-refractivity contribution in [2.45, 2.75) is 13.5 Å². The van der Waals surface area contributed by atoms with Gasteiger partial charge in [0.1, 0.15) is 10.7 Å². The maximum atomic E-state index is 11.3. The zero-order chi connectivity index (χ0) is 12.3. The molecule has 2 aromatic rings. The number of carbonyl (C=O) groups is 1. The third-order valence-electron chi connectivity index (χ3n) is 1.83. The predicted molar refractivity (Wildman–Crippen MR) is 59.3 cm³/mol. The summed E-state index contributed by atoms with van der Waals surface area (Å²) in [4.78, 5) is 19.4. The van der Waals surface area contributed by atoms with Crippen LogP contribution in [0.2, 0.25) is 0 Å². The first-order valence-corrected chi connectivity index (χ1v) is 5.78. The van der Waals surface area contributed by atoms with Crippen LogP contribution >= 0.6 is 11.3 Å². The molecule has 0 unspecified atom stereocenters. The lowest BCUT2D eigenvalue weighted by molar-refractivity contribution is 0.0508. The number of ether oxygens (including phenoxy) is 1. The first-order chi connectivity index (χ1) is 8.24. The van der Waals surface area contributed by atoms with Gasteiger partial charge in [-0.15, -0.1) is 11.3 Å². The van der Waals surface area contributed by atoms with Gasteiger partial charge in [-0.25, -0.2) is 9.78 Å². The van der Waals surface area contributed by atoms with E-state index in [-0.39, 0.29) is 18.3 Å². The Morgan fingerprint density at radius 3 is 3.06 bits per heavy atom. The Labute approximate surface area is 101 Å². The molecule has 2 aromatic heterocycles.